The molecule has 0 bridgehead atoms. The zero-order valence-electron chi connectivity index (χ0n) is 14.8. The van der Waals surface area contributed by atoms with Gasteiger partial charge in [0, 0.05) is 5.56 Å². The van der Waals surface area contributed by atoms with Crippen molar-refractivity contribution in [1.29, 1.82) is 0 Å². The van der Waals surface area contributed by atoms with Gasteiger partial charge in [0.1, 0.15) is 5.69 Å². The number of ketones is 2. The van der Waals surface area contributed by atoms with Gasteiger partial charge in [-0.3, -0.25) is 9.59 Å². The summed E-state index contributed by atoms with van der Waals surface area (Å²) in [5, 5.41) is 4.39. The number of nitrogens with zero attached hydrogens (tertiary/aromatic N) is 2. The van der Waals surface area contributed by atoms with Crippen LogP contribution in [0.4, 0.5) is 13.2 Å². The van der Waals surface area contributed by atoms with Crippen LogP contribution in [0.5, 0.6) is 0 Å². The predicted molar refractivity (Wildman–Crippen MR) is 98.2 cm³/mol. The molecule has 0 saturated carbocycles. The number of halogens is 3. The van der Waals surface area contributed by atoms with E-state index in [4.69, 9.17) is 0 Å². The lowest BCUT2D eigenvalue weighted by atomic mass is 10.1. The highest BCUT2D eigenvalue weighted by Gasteiger charge is 2.30. The molecular formula is C21H15F3N2O2. The molecule has 3 aromatic rings. The van der Waals surface area contributed by atoms with Crippen molar-refractivity contribution in [2.24, 2.45) is 0 Å². The second-order valence-electron chi connectivity index (χ2n) is 6.05. The molecule has 0 amide bonds. The number of carbonyl (C=O) groups is 2. The van der Waals surface area contributed by atoms with Gasteiger partial charge >= 0.3 is 6.18 Å². The van der Waals surface area contributed by atoms with Crippen LogP contribution in [0.3, 0.4) is 0 Å². The fourth-order valence-electron chi connectivity index (χ4n) is 2.57. The van der Waals surface area contributed by atoms with Crippen LogP contribution in [0.2, 0.25) is 0 Å². The van der Waals surface area contributed by atoms with E-state index in [0.29, 0.717) is 11.4 Å². The van der Waals surface area contributed by atoms with E-state index >= 15 is 0 Å². The Labute approximate surface area is 158 Å². The van der Waals surface area contributed by atoms with E-state index in [9.17, 15) is 22.8 Å². The minimum absolute atomic E-state index is 0.135. The Bertz CT molecular complexity index is 1030. The number of rotatable bonds is 5. The second-order valence-corrected chi connectivity index (χ2v) is 6.05. The molecule has 0 spiro atoms. The van der Waals surface area contributed by atoms with Crippen LogP contribution in [0.25, 0.3) is 16.9 Å². The van der Waals surface area contributed by atoms with E-state index in [0.717, 1.165) is 29.8 Å². The molecule has 2 aromatic carbocycles. The molecule has 142 valence electrons. The zero-order chi connectivity index (χ0) is 20.3. The number of hydrogen-bond donors (Lipinski definition) is 0. The average Bonchev–Trinajstić information content (AvgIpc) is 3.12. The van der Waals surface area contributed by atoms with Crippen molar-refractivity contribution in [1.82, 2.24) is 9.78 Å². The number of hydrogen-bond acceptors (Lipinski definition) is 3. The molecule has 0 aliphatic carbocycles. The molecule has 0 N–H and O–H groups in total. The first-order chi connectivity index (χ1) is 13.3. The molecule has 0 aliphatic rings. The van der Waals surface area contributed by atoms with Gasteiger partial charge in [-0.15, -0.1) is 0 Å². The summed E-state index contributed by atoms with van der Waals surface area (Å²) in [6, 6.07) is 15.0. The van der Waals surface area contributed by atoms with Crippen LogP contribution in [-0.4, -0.2) is 21.3 Å². The maximum absolute atomic E-state index is 12.8. The van der Waals surface area contributed by atoms with E-state index in [1.165, 1.54) is 23.7 Å². The molecule has 28 heavy (non-hydrogen) atoms. The van der Waals surface area contributed by atoms with Crippen LogP contribution < -0.4 is 0 Å². The fraction of sp³-hybridized carbons (Fsp3) is 0.0952. The van der Waals surface area contributed by atoms with Gasteiger partial charge in [-0.1, -0.05) is 30.3 Å². The van der Waals surface area contributed by atoms with Crippen LogP contribution in [0, 0.1) is 0 Å². The summed E-state index contributed by atoms with van der Waals surface area (Å²) in [5.74, 6) is -0.776. The van der Waals surface area contributed by atoms with Gasteiger partial charge in [0.15, 0.2) is 5.78 Å². The Balaban J connectivity index is 2.09. The normalized spacial score (nSPS) is 11.7. The molecule has 0 unspecified atom stereocenters. The number of benzene rings is 2. The van der Waals surface area contributed by atoms with E-state index in [2.05, 4.69) is 5.10 Å². The molecular weight excluding hydrogens is 369 g/mol. The van der Waals surface area contributed by atoms with Crippen molar-refractivity contribution in [2.45, 2.75) is 13.1 Å². The number of alkyl halides is 3. The van der Waals surface area contributed by atoms with Crippen LogP contribution >= 0.6 is 0 Å². The van der Waals surface area contributed by atoms with Crippen molar-refractivity contribution < 1.29 is 22.8 Å². The van der Waals surface area contributed by atoms with Crippen molar-refractivity contribution in [3.05, 3.63) is 84.1 Å². The topological polar surface area (TPSA) is 52.0 Å². The third-order valence-corrected chi connectivity index (χ3v) is 3.94. The first kappa shape index (κ1) is 19.3. The molecule has 4 nitrogen and oxygen atoms in total. The predicted octanol–water partition coefficient (Wildman–Crippen LogP) is 4.89. The summed E-state index contributed by atoms with van der Waals surface area (Å²) in [5.41, 5.74) is 0.875. The van der Waals surface area contributed by atoms with Gasteiger partial charge < -0.3 is 0 Å². The minimum atomic E-state index is -4.46. The molecule has 0 radical (unpaired) electrons. The van der Waals surface area contributed by atoms with Gasteiger partial charge in [-0.25, -0.2) is 4.68 Å². The van der Waals surface area contributed by atoms with Crippen LogP contribution in [0.1, 0.15) is 23.0 Å². The number of aromatic nitrogens is 2. The molecule has 1 aromatic heterocycles. The maximum Gasteiger partial charge on any atom is 0.416 e. The van der Waals surface area contributed by atoms with Crippen molar-refractivity contribution in [3.8, 4) is 16.9 Å². The second kappa shape index (κ2) is 7.64. The van der Waals surface area contributed by atoms with E-state index < -0.39 is 17.5 Å². The summed E-state index contributed by atoms with van der Waals surface area (Å²) in [6.07, 6.45) is -2.20. The lowest BCUT2D eigenvalue weighted by Crippen LogP contribution is -2.09. The van der Waals surface area contributed by atoms with Crippen molar-refractivity contribution in [2.75, 3.05) is 0 Å². The first-order valence-corrected chi connectivity index (χ1v) is 8.32. The highest BCUT2D eigenvalue weighted by Crippen LogP contribution is 2.30. The Hall–Kier alpha value is -3.48. The van der Waals surface area contributed by atoms with Gasteiger partial charge in [0.05, 0.1) is 16.9 Å². The van der Waals surface area contributed by atoms with E-state index in [1.54, 1.807) is 18.2 Å². The summed E-state index contributed by atoms with van der Waals surface area (Å²) in [4.78, 5) is 23.7. The Morgan fingerprint density at radius 2 is 1.61 bits per heavy atom. The number of carbonyl (C=O) groups excluding carboxylic acids is 2. The SMILES string of the molecule is CC(=O)/C=C\C(=O)c1cc(-c2ccccc2)nn1-c1ccc(C(F)(F)F)cc1. The lowest BCUT2D eigenvalue weighted by molar-refractivity contribution is -0.137. The fourth-order valence-corrected chi connectivity index (χ4v) is 2.57. The quantitative estimate of drug-likeness (QED) is 0.465. The molecule has 7 heteroatoms. The van der Waals surface area contributed by atoms with Gasteiger partial charge in [-0.2, -0.15) is 18.3 Å². The Morgan fingerprint density at radius 1 is 0.964 bits per heavy atom. The molecule has 0 aliphatic heterocycles. The first-order valence-electron chi connectivity index (χ1n) is 8.32. The summed E-state index contributed by atoms with van der Waals surface area (Å²) < 4.78 is 39.7. The average molecular weight is 384 g/mol. The van der Waals surface area contributed by atoms with E-state index in [1.807, 2.05) is 18.2 Å². The standard InChI is InChI=1S/C21H15F3N2O2/c1-14(27)7-12-20(28)19-13-18(15-5-3-2-4-6-15)25-26(19)17-10-8-16(9-11-17)21(22,23)24/h2-13H,1H3/b12-7-. The van der Waals surface area contributed by atoms with Gasteiger partial charge in [-0.05, 0) is 49.4 Å². The third kappa shape index (κ3) is 4.25. The Morgan fingerprint density at radius 3 is 2.18 bits per heavy atom. The molecule has 0 fully saturated rings. The maximum atomic E-state index is 12.8. The monoisotopic (exact) mass is 384 g/mol. The summed E-state index contributed by atoms with van der Waals surface area (Å²) in [6.45, 7) is 1.31. The van der Waals surface area contributed by atoms with Gasteiger partial charge in [0.2, 0.25) is 5.78 Å². The smallest absolute Gasteiger partial charge is 0.295 e. The summed E-state index contributed by atoms with van der Waals surface area (Å²) >= 11 is 0. The molecule has 1 heterocycles. The highest BCUT2D eigenvalue weighted by molar-refractivity contribution is 6.07. The van der Waals surface area contributed by atoms with E-state index in [-0.39, 0.29) is 11.5 Å². The van der Waals surface area contributed by atoms with Crippen molar-refractivity contribution in [3.63, 3.8) is 0 Å². The largest absolute Gasteiger partial charge is 0.416 e. The summed E-state index contributed by atoms with van der Waals surface area (Å²) in [7, 11) is 0. The number of allylic oxidation sites excluding steroid dienone is 2. The van der Waals surface area contributed by atoms with Crippen molar-refractivity contribution >= 4 is 11.6 Å². The van der Waals surface area contributed by atoms with Crippen LogP contribution in [-0.2, 0) is 11.0 Å². The lowest BCUT2D eigenvalue weighted by Gasteiger charge is -2.09. The van der Waals surface area contributed by atoms with Crippen LogP contribution in [0.15, 0.2) is 72.8 Å². The highest BCUT2D eigenvalue weighted by atomic mass is 19.4. The Kier molecular flexibility index (Phi) is 5.26. The molecule has 0 saturated heterocycles. The molecule has 0 atom stereocenters. The zero-order valence-corrected chi connectivity index (χ0v) is 14.8. The minimum Gasteiger partial charge on any atom is -0.295 e. The third-order valence-electron chi connectivity index (χ3n) is 3.94. The van der Waals surface area contributed by atoms with Gasteiger partial charge in [0.25, 0.3) is 0 Å². The molecule has 3 rings (SSSR count).